The molecule has 214 valence electrons. The normalized spacial score (nSPS) is 14.0. The number of nitrogens with zero attached hydrogens (tertiary/aromatic N) is 4. The molecule has 0 aliphatic carbocycles. The summed E-state index contributed by atoms with van der Waals surface area (Å²) in [6, 6.07) is 46.0. The van der Waals surface area contributed by atoms with Crippen molar-refractivity contribution in [3.63, 3.8) is 0 Å². The quantitative estimate of drug-likeness (QED) is 0.182. The molecule has 0 amide bonds. The van der Waals surface area contributed by atoms with E-state index in [1.54, 1.807) is 0 Å². The average molecular weight is 587 g/mol. The molecule has 0 N–H and O–H groups in total. The number of allylic oxidation sites excluding steroid dienone is 2. The fraction of sp³-hybridized carbons (Fsp3) is 0.0769. The second-order valence-corrected chi connectivity index (χ2v) is 15.4. The average Bonchev–Trinajstić information content (AvgIpc) is 3.33. The summed E-state index contributed by atoms with van der Waals surface area (Å²) in [6.07, 6.45) is 3.64. The second-order valence-electron chi connectivity index (χ2n) is 11.1. The minimum absolute atomic E-state index is 0. The Morgan fingerprint density at radius 1 is 0.386 bits per heavy atom. The maximum absolute atomic E-state index is 5.28. The Morgan fingerprint density at radius 3 is 1.14 bits per heavy atom. The van der Waals surface area contributed by atoms with Gasteiger partial charge in [0.2, 0.25) is 0 Å². The van der Waals surface area contributed by atoms with Crippen LogP contribution in [0.5, 0.6) is 0 Å². The molecule has 4 aromatic heterocycles. The molecule has 0 bridgehead atoms. The molecule has 6 aromatic rings. The molecule has 7 rings (SSSR count). The van der Waals surface area contributed by atoms with Crippen molar-refractivity contribution in [3.8, 4) is 22.8 Å². The molecule has 0 fully saturated rings. The minimum Gasteiger partial charge on any atom is -0.255 e. The summed E-state index contributed by atoms with van der Waals surface area (Å²) in [4.78, 5) is 19.8. The summed E-state index contributed by atoms with van der Waals surface area (Å²) in [5.74, 6) is 0. The first-order valence-corrected chi connectivity index (χ1v) is 17.5. The lowest BCUT2D eigenvalue weighted by Gasteiger charge is -2.25. The summed E-state index contributed by atoms with van der Waals surface area (Å²) in [7, 11) is -2.43. The van der Waals surface area contributed by atoms with Gasteiger partial charge in [-0.1, -0.05) is 105 Å². The minimum atomic E-state index is -2.43. The molecule has 0 radical (unpaired) electrons. The molecule has 44 heavy (non-hydrogen) atoms. The zero-order chi connectivity index (χ0) is 29.2. The Morgan fingerprint density at radius 2 is 0.750 bits per heavy atom. The predicted octanol–water partition coefficient (Wildman–Crippen LogP) is 9.56. The summed E-state index contributed by atoms with van der Waals surface area (Å²) in [5.41, 5.74) is 10.3. The van der Waals surface area contributed by atoms with Crippen molar-refractivity contribution in [2.45, 2.75) is 20.5 Å². The van der Waals surface area contributed by atoms with E-state index in [9.17, 15) is 0 Å². The van der Waals surface area contributed by atoms with E-state index in [1.165, 1.54) is 32.7 Å². The number of pyridine rings is 4. The Bertz CT molecular complexity index is 1820. The van der Waals surface area contributed by atoms with Crippen LogP contribution in [0.1, 0.15) is 29.9 Å². The van der Waals surface area contributed by atoms with Crippen LogP contribution < -0.4 is 0 Å². The number of aromatic nitrogens is 4. The van der Waals surface area contributed by atoms with E-state index >= 15 is 0 Å². The molecule has 5 heterocycles. The molecule has 1 aliphatic rings. The van der Waals surface area contributed by atoms with Crippen LogP contribution in [-0.2, 0) is 0 Å². The Kier molecular flexibility index (Phi) is 7.96. The van der Waals surface area contributed by atoms with Gasteiger partial charge < -0.3 is 0 Å². The van der Waals surface area contributed by atoms with Gasteiger partial charge in [0.05, 0.1) is 34.2 Å². The van der Waals surface area contributed by atoms with Crippen molar-refractivity contribution in [1.82, 2.24) is 19.9 Å². The van der Waals surface area contributed by atoms with Crippen LogP contribution in [0.25, 0.3) is 44.3 Å². The predicted molar refractivity (Wildman–Crippen MR) is 186 cm³/mol. The van der Waals surface area contributed by atoms with Gasteiger partial charge >= 0.3 is 0 Å². The highest BCUT2D eigenvalue weighted by atomic mass is 28.3. The van der Waals surface area contributed by atoms with Gasteiger partial charge in [-0.05, 0) is 81.2 Å². The van der Waals surface area contributed by atoms with Crippen LogP contribution in [0.15, 0.2) is 146 Å². The highest BCUT2D eigenvalue weighted by Gasteiger charge is 2.45. The third-order valence-electron chi connectivity index (χ3n) is 7.99. The van der Waals surface area contributed by atoms with Crippen molar-refractivity contribution >= 4 is 29.6 Å². The largest absolute Gasteiger partial charge is 0.255 e. The zero-order valence-electron chi connectivity index (χ0n) is 24.1. The lowest BCUT2D eigenvalue weighted by atomic mass is 9.90. The fourth-order valence-electron chi connectivity index (χ4n) is 6.15. The van der Waals surface area contributed by atoms with Crippen LogP contribution in [-0.4, -0.2) is 28.0 Å². The molecule has 5 heteroatoms. The standard InChI is InChI=1S/C38H30N4Si.CH4/c1-43(2)37(33-23-13-21-31(41-33)29-19-9-11-25-39-29)35(27-15-5-3-6-16-27)36(28-17-7-4-8-18-28)38(43)34-24-14-22-32(42-34)30-20-10-12-26-40-30;/h3-26H,1-2H3;1H4. The van der Waals surface area contributed by atoms with Gasteiger partial charge in [0.15, 0.2) is 0 Å². The number of hydrogen-bond acceptors (Lipinski definition) is 4. The van der Waals surface area contributed by atoms with E-state index in [0.29, 0.717) is 0 Å². The highest BCUT2D eigenvalue weighted by Crippen LogP contribution is 2.55. The number of hydrogen-bond donors (Lipinski definition) is 0. The van der Waals surface area contributed by atoms with E-state index in [1.807, 2.05) is 60.9 Å². The van der Waals surface area contributed by atoms with E-state index in [2.05, 4.69) is 108 Å². The topological polar surface area (TPSA) is 51.6 Å². The van der Waals surface area contributed by atoms with Crippen molar-refractivity contribution in [2.75, 3.05) is 0 Å². The summed E-state index contributed by atoms with van der Waals surface area (Å²) in [5, 5.41) is 2.60. The van der Waals surface area contributed by atoms with Crippen molar-refractivity contribution < 1.29 is 0 Å². The maximum atomic E-state index is 5.28. The SMILES string of the molecule is C.C[Si]1(C)C(c2cccc(-c3ccccn3)n2)=C(c2ccccc2)C(c2ccccc2)=C1c1cccc(-c2ccccn2)n1. The van der Waals surface area contributed by atoms with E-state index < -0.39 is 8.07 Å². The van der Waals surface area contributed by atoms with Gasteiger partial charge in [-0.25, -0.2) is 9.97 Å². The molecule has 0 atom stereocenters. The van der Waals surface area contributed by atoms with Gasteiger partial charge in [0.1, 0.15) is 8.07 Å². The third-order valence-corrected chi connectivity index (χ3v) is 11.5. The molecule has 0 unspecified atom stereocenters. The molecule has 0 saturated heterocycles. The van der Waals surface area contributed by atoms with E-state index in [4.69, 9.17) is 9.97 Å². The first kappa shape index (κ1) is 28.8. The second kappa shape index (κ2) is 12.2. The number of benzene rings is 2. The van der Waals surface area contributed by atoms with Gasteiger partial charge in [-0.3, -0.25) is 9.97 Å². The van der Waals surface area contributed by atoms with Gasteiger partial charge in [0.25, 0.3) is 0 Å². The molecule has 0 saturated carbocycles. The molecule has 0 spiro atoms. The lowest BCUT2D eigenvalue weighted by molar-refractivity contribution is 1.22. The molecular weight excluding hydrogens is 553 g/mol. The van der Waals surface area contributed by atoms with Crippen LogP contribution >= 0.6 is 0 Å². The van der Waals surface area contributed by atoms with Crippen molar-refractivity contribution in [2.24, 2.45) is 0 Å². The lowest BCUT2D eigenvalue weighted by Crippen LogP contribution is -2.29. The third kappa shape index (κ3) is 5.23. The van der Waals surface area contributed by atoms with Crippen LogP contribution in [0, 0.1) is 0 Å². The Balaban J connectivity index is 0.00000343. The zero-order valence-corrected chi connectivity index (χ0v) is 25.1. The summed E-state index contributed by atoms with van der Waals surface area (Å²) < 4.78 is 0. The first-order valence-electron chi connectivity index (χ1n) is 14.5. The van der Waals surface area contributed by atoms with E-state index in [-0.39, 0.29) is 7.43 Å². The van der Waals surface area contributed by atoms with Crippen LogP contribution in [0.3, 0.4) is 0 Å². The highest BCUT2D eigenvalue weighted by molar-refractivity contribution is 7.13. The van der Waals surface area contributed by atoms with Crippen molar-refractivity contribution in [1.29, 1.82) is 0 Å². The van der Waals surface area contributed by atoms with Gasteiger partial charge in [-0.2, -0.15) is 0 Å². The van der Waals surface area contributed by atoms with Crippen LogP contribution in [0.4, 0.5) is 0 Å². The molecule has 1 aliphatic heterocycles. The van der Waals surface area contributed by atoms with Gasteiger partial charge in [0, 0.05) is 12.4 Å². The molecule has 4 nitrogen and oxygen atoms in total. The smallest absolute Gasteiger partial charge is 0.119 e. The molecule has 2 aromatic carbocycles. The van der Waals surface area contributed by atoms with E-state index in [0.717, 1.165) is 34.2 Å². The van der Waals surface area contributed by atoms with Gasteiger partial charge in [-0.15, -0.1) is 0 Å². The van der Waals surface area contributed by atoms with Crippen molar-refractivity contribution in [3.05, 3.63) is 168 Å². The number of rotatable bonds is 6. The Labute approximate surface area is 260 Å². The molecular formula is C39H34N4Si. The summed E-state index contributed by atoms with van der Waals surface area (Å²) in [6.45, 7) is 4.86. The summed E-state index contributed by atoms with van der Waals surface area (Å²) >= 11 is 0. The fourth-order valence-corrected chi connectivity index (χ4v) is 9.74. The monoisotopic (exact) mass is 586 g/mol. The Hall–Kier alpha value is -5.26. The van der Waals surface area contributed by atoms with Crippen LogP contribution in [0.2, 0.25) is 13.1 Å². The maximum Gasteiger partial charge on any atom is 0.119 e. The first-order chi connectivity index (χ1) is 21.1.